The molecule has 0 bridgehead atoms. The number of amides is 1. The Labute approximate surface area is 159 Å². The molecule has 0 unspecified atom stereocenters. The van der Waals surface area contributed by atoms with Gasteiger partial charge in [0.2, 0.25) is 0 Å². The Morgan fingerprint density at radius 1 is 1.35 bits per heavy atom. The maximum absolute atomic E-state index is 12.1. The third kappa shape index (κ3) is 4.13. The Morgan fingerprint density at radius 3 is 2.81 bits per heavy atom. The number of hydrogen-bond donors (Lipinski definition) is 2. The van der Waals surface area contributed by atoms with Crippen molar-refractivity contribution in [2.45, 2.75) is 38.5 Å². The molecule has 0 saturated heterocycles. The van der Waals surface area contributed by atoms with E-state index in [1.807, 2.05) is 13.2 Å². The van der Waals surface area contributed by atoms with E-state index in [0.29, 0.717) is 23.9 Å². The zero-order valence-corrected chi connectivity index (χ0v) is 16.7. The zero-order chi connectivity index (χ0) is 18.7. The van der Waals surface area contributed by atoms with E-state index >= 15 is 0 Å². The second-order valence-corrected chi connectivity index (χ2v) is 7.81. The number of rotatable bonds is 7. The number of nitrogens with zero attached hydrogens (tertiary/aromatic N) is 5. The minimum Gasteiger partial charge on any atom is -0.367 e. The van der Waals surface area contributed by atoms with Gasteiger partial charge in [0.15, 0.2) is 10.8 Å². The van der Waals surface area contributed by atoms with Crippen LogP contribution in [0.25, 0.3) is 11.0 Å². The van der Waals surface area contributed by atoms with Crippen LogP contribution in [0.15, 0.2) is 16.7 Å². The van der Waals surface area contributed by atoms with Crippen LogP contribution in [0.3, 0.4) is 0 Å². The maximum Gasteiger partial charge on any atom is 0.270 e. The van der Waals surface area contributed by atoms with E-state index in [4.69, 9.17) is 0 Å². The second kappa shape index (κ2) is 8.00. The van der Waals surface area contributed by atoms with Crippen molar-refractivity contribution in [2.75, 3.05) is 18.1 Å². The molecule has 2 N–H and O–H groups in total. The molecule has 0 aliphatic rings. The van der Waals surface area contributed by atoms with E-state index in [2.05, 4.69) is 44.5 Å². The fraction of sp³-hybridized carbons (Fsp3) is 0.438. The summed E-state index contributed by atoms with van der Waals surface area (Å²) in [5.41, 5.74) is 1.21. The monoisotopic (exact) mass is 391 g/mol. The summed E-state index contributed by atoms with van der Waals surface area (Å²) in [4.78, 5) is 25.4. The minimum absolute atomic E-state index is 0.174. The minimum atomic E-state index is -0.174. The standard InChI is InChI=1S/C16H21N7OS2/c1-9(2)19-13-11-7-18-23(14(11)22-16(21-13)25-4)6-5-17-15(24)12-8-26-10(3)20-12/h7-9H,5-6H2,1-4H3,(H,17,24)(H,19,21,22). The second-order valence-electron chi connectivity index (χ2n) is 5.97. The first-order chi connectivity index (χ1) is 12.5. The van der Waals surface area contributed by atoms with E-state index in [1.165, 1.54) is 23.1 Å². The third-order valence-corrected chi connectivity index (χ3v) is 4.87. The molecule has 10 heteroatoms. The number of carbonyl (C=O) groups is 1. The Balaban J connectivity index is 1.74. The van der Waals surface area contributed by atoms with E-state index in [0.717, 1.165) is 21.9 Å². The van der Waals surface area contributed by atoms with Gasteiger partial charge in [0.25, 0.3) is 5.91 Å². The highest BCUT2D eigenvalue weighted by Gasteiger charge is 2.14. The summed E-state index contributed by atoms with van der Waals surface area (Å²) in [6.45, 7) is 6.96. The molecule has 3 rings (SSSR count). The van der Waals surface area contributed by atoms with Gasteiger partial charge in [0, 0.05) is 18.0 Å². The van der Waals surface area contributed by atoms with E-state index < -0.39 is 0 Å². The first kappa shape index (κ1) is 18.6. The quantitative estimate of drug-likeness (QED) is 0.472. The average Bonchev–Trinajstić information content (AvgIpc) is 3.21. The summed E-state index contributed by atoms with van der Waals surface area (Å²) in [6.07, 6.45) is 3.70. The number of anilines is 1. The number of aromatic nitrogens is 5. The molecule has 0 aromatic carbocycles. The van der Waals surface area contributed by atoms with Crippen molar-refractivity contribution < 1.29 is 4.79 Å². The number of nitrogens with one attached hydrogen (secondary N) is 2. The van der Waals surface area contributed by atoms with Crippen molar-refractivity contribution >= 4 is 45.9 Å². The number of thioether (sulfide) groups is 1. The lowest BCUT2D eigenvalue weighted by atomic mass is 10.3. The average molecular weight is 392 g/mol. The van der Waals surface area contributed by atoms with Crippen LogP contribution in [0.4, 0.5) is 5.82 Å². The Kier molecular flexibility index (Phi) is 5.72. The summed E-state index contributed by atoms with van der Waals surface area (Å²) < 4.78 is 1.79. The Hall–Kier alpha value is -2.20. The smallest absolute Gasteiger partial charge is 0.270 e. The Morgan fingerprint density at radius 2 is 2.15 bits per heavy atom. The number of fused-ring (bicyclic) bond motifs is 1. The van der Waals surface area contributed by atoms with Crippen molar-refractivity contribution in [3.05, 3.63) is 22.3 Å². The normalized spacial score (nSPS) is 11.3. The van der Waals surface area contributed by atoms with Crippen LogP contribution in [0.5, 0.6) is 0 Å². The molecule has 0 atom stereocenters. The molecule has 0 radical (unpaired) electrons. The van der Waals surface area contributed by atoms with Crippen LogP contribution < -0.4 is 10.6 Å². The van der Waals surface area contributed by atoms with Gasteiger partial charge in [-0.2, -0.15) is 5.10 Å². The summed E-state index contributed by atoms with van der Waals surface area (Å²) >= 11 is 2.95. The molecule has 138 valence electrons. The van der Waals surface area contributed by atoms with Crippen molar-refractivity contribution in [2.24, 2.45) is 0 Å². The van der Waals surface area contributed by atoms with Crippen LogP contribution in [0.1, 0.15) is 29.3 Å². The lowest BCUT2D eigenvalue weighted by Gasteiger charge is -2.11. The molecule has 0 aliphatic carbocycles. The van der Waals surface area contributed by atoms with Crippen LogP contribution in [0.2, 0.25) is 0 Å². The topological polar surface area (TPSA) is 97.6 Å². The molecule has 0 aliphatic heterocycles. The van der Waals surface area contributed by atoms with Crippen molar-refractivity contribution in [3.63, 3.8) is 0 Å². The van der Waals surface area contributed by atoms with Crippen LogP contribution in [-0.2, 0) is 6.54 Å². The molecule has 3 aromatic rings. The summed E-state index contributed by atoms with van der Waals surface area (Å²) in [5.74, 6) is 0.606. The van der Waals surface area contributed by atoms with Crippen molar-refractivity contribution in [1.82, 2.24) is 30.0 Å². The lowest BCUT2D eigenvalue weighted by molar-refractivity contribution is 0.0947. The van der Waals surface area contributed by atoms with Gasteiger partial charge in [-0.15, -0.1) is 11.3 Å². The lowest BCUT2D eigenvalue weighted by Crippen LogP contribution is -2.27. The molecule has 3 heterocycles. The zero-order valence-electron chi connectivity index (χ0n) is 15.1. The van der Waals surface area contributed by atoms with E-state index in [9.17, 15) is 4.79 Å². The van der Waals surface area contributed by atoms with Gasteiger partial charge in [-0.25, -0.2) is 19.6 Å². The highest BCUT2D eigenvalue weighted by atomic mass is 32.2. The predicted molar refractivity (Wildman–Crippen MR) is 105 cm³/mol. The Bertz CT molecular complexity index is 919. The van der Waals surface area contributed by atoms with Gasteiger partial charge in [-0.1, -0.05) is 11.8 Å². The first-order valence-corrected chi connectivity index (χ1v) is 10.3. The number of carbonyl (C=O) groups excluding carboxylic acids is 1. The summed E-state index contributed by atoms with van der Waals surface area (Å²) in [5, 5.41) is 14.8. The molecular formula is C16H21N7OS2. The number of thiazole rings is 1. The van der Waals surface area contributed by atoms with Crippen molar-refractivity contribution in [1.29, 1.82) is 0 Å². The first-order valence-electron chi connectivity index (χ1n) is 8.22. The van der Waals surface area contributed by atoms with Gasteiger partial charge in [-0.05, 0) is 27.0 Å². The summed E-state index contributed by atoms with van der Waals surface area (Å²) in [7, 11) is 0. The fourth-order valence-electron chi connectivity index (χ4n) is 2.41. The van der Waals surface area contributed by atoms with E-state index in [1.54, 1.807) is 16.3 Å². The highest BCUT2D eigenvalue weighted by Crippen LogP contribution is 2.23. The predicted octanol–water partition coefficient (Wildman–Crippen LogP) is 2.56. The molecule has 3 aromatic heterocycles. The molecule has 0 saturated carbocycles. The molecule has 8 nitrogen and oxygen atoms in total. The van der Waals surface area contributed by atoms with Gasteiger partial charge >= 0.3 is 0 Å². The highest BCUT2D eigenvalue weighted by molar-refractivity contribution is 7.98. The largest absolute Gasteiger partial charge is 0.367 e. The van der Waals surface area contributed by atoms with Crippen LogP contribution in [0, 0.1) is 6.92 Å². The van der Waals surface area contributed by atoms with Gasteiger partial charge in [0.1, 0.15) is 11.5 Å². The van der Waals surface area contributed by atoms with Crippen molar-refractivity contribution in [3.8, 4) is 0 Å². The van der Waals surface area contributed by atoms with Crippen LogP contribution >= 0.6 is 23.1 Å². The fourth-order valence-corrected chi connectivity index (χ4v) is 3.36. The summed E-state index contributed by atoms with van der Waals surface area (Å²) in [6, 6.07) is 0.256. The molecule has 26 heavy (non-hydrogen) atoms. The van der Waals surface area contributed by atoms with Gasteiger partial charge < -0.3 is 10.6 Å². The van der Waals surface area contributed by atoms with E-state index in [-0.39, 0.29) is 11.9 Å². The molecule has 0 spiro atoms. The number of aryl methyl sites for hydroxylation is 1. The van der Waals surface area contributed by atoms with Crippen LogP contribution in [-0.4, -0.2) is 49.5 Å². The molecule has 0 fully saturated rings. The maximum atomic E-state index is 12.1. The number of hydrogen-bond acceptors (Lipinski definition) is 8. The SMILES string of the molecule is CSc1nc(NC(C)C)c2cnn(CCNC(=O)c3csc(C)n3)c2n1. The molecule has 1 amide bonds. The van der Waals surface area contributed by atoms with Gasteiger partial charge in [-0.3, -0.25) is 4.79 Å². The third-order valence-electron chi connectivity index (χ3n) is 3.54. The molecular weight excluding hydrogens is 370 g/mol. The van der Waals surface area contributed by atoms with Gasteiger partial charge in [0.05, 0.1) is 23.1 Å².